The van der Waals surface area contributed by atoms with Crippen molar-refractivity contribution >= 4 is 26.3 Å². The number of rotatable bonds is 7. The zero-order valence-corrected chi connectivity index (χ0v) is 21.3. The molecule has 0 spiro atoms. The second kappa shape index (κ2) is 8.80. The number of hydrogen-bond donors (Lipinski definition) is 1. The van der Waals surface area contributed by atoms with E-state index in [0.29, 0.717) is 4.90 Å². The van der Waals surface area contributed by atoms with Crippen LogP contribution in [0, 0.1) is 0 Å². The molecule has 0 amide bonds. The van der Waals surface area contributed by atoms with Crippen molar-refractivity contribution in [2.24, 2.45) is 0 Å². The number of hydrogen-bond acceptors (Lipinski definition) is 8. The molecule has 35 heavy (non-hydrogen) atoms. The van der Waals surface area contributed by atoms with Crippen LogP contribution in [0.2, 0.25) is 0 Å². The minimum Gasteiger partial charge on any atom is -0.454 e. The van der Waals surface area contributed by atoms with Gasteiger partial charge in [-0.25, -0.2) is 13.4 Å². The first-order valence-corrected chi connectivity index (χ1v) is 14.8. The van der Waals surface area contributed by atoms with Crippen LogP contribution >= 0.6 is 11.3 Å². The molecule has 1 saturated heterocycles. The van der Waals surface area contributed by atoms with E-state index in [9.17, 15) is 8.42 Å². The number of likely N-dealkylation sites (tertiary alicyclic amines) is 1. The average molecular weight is 512 g/mol. The van der Waals surface area contributed by atoms with Gasteiger partial charge < -0.3 is 14.8 Å². The Hall–Kier alpha value is -2.62. The van der Waals surface area contributed by atoms with Crippen LogP contribution in [0.3, 0.4) is 0 Å². The molecule has 3 heterocycles. The molecule has 7 nitrogen and oxygen atoms in total. The van der Waals surface area contributed by atoms with Crippen LogP contribution in [-0.2, 0) is 15.4 Å². The summed E-state index contributed by atoms with van der Waals surface area (Å²) in [6.45, 7) is 2.33. The van der Waals surface area contributed by atoms with Crippen LogP contribution in [-0.4, -0.2) is 44.4 Å². The van der Waals surface area contributed by atoms with E-state index in [2.05, 4.69) is 22.3 Å². The lowest BCUT2D eigenvalue weighted by molar-refractivity contribution is 0.174. The van der Waals surface area contributed by atoms with E-state index >= 15 is 0 Å². The minimum absolute atomic E-state index is 0.0673. The molecule has 184 valence electrons. The second-order valence-electron chi connectivity index (χ2n) is 9.68. The lowest BCUT2D eigenvalue weighted by Crippen LogP contribution is -2.34. The molecule has 1 atom stereocenters. The monoisotopic (exact) mass is 511 g/mol. The van der Waals surface area contributed by atoms with Gasteiger partial charge >= 0.3 is 0 Å². The van der Waals surface area contributed by atoms with Crippen molar-refractivity contribution in [2.45, 2.75) is 48.6 Å². The number of fused-ring (bicyclic) bond motifs is 1. The van der Waals surface area contributed by atoms with Gasteiger partial charge in [0, 0.05) is 17.3 Å². The molecule has 1 saturated carbocycles. The summed E-state index contributed by atoms with van der Waals surface area (Å²) < 4.78 is 35.0. The topological polar surface area (TPSA) is 80.8 Å². The Morgan fingerprint density at radius 1 is 1.03 bits per heavy atom. The summed E-state index contributed by atoms with van der Waals surface area (Å²) in [6, 6.07) is 13.6. The number of sulfone groups is 1. The average Bonchev–Trinajstić information content (AvgIpc) is 3.25. The standard InChI is InChI=1S/C26H29N3O4S2/c1-35(30,31)20-8-5-18(6-9-20)24(29-13-3-2-4-14-29)23-16-27-25(34-23)28-26(11-12-26)19-7-10-21-22(15-19)33-17-32-21/h5-10,15-16,24H,2-4,11-14,17H2,1H3,(H,27,28). The zero-order chi connectivity index (χ0) is 24.0. The summed E-state index contributed by atoms with van der Waals surface area (Å²) in [5.74, 6) is 1.60. The summed E-state index contributed by atoms with van der Waals surface area (Å²) in [7, 11) is -3.22. The maximum Gasteiger partial charge on any atom is 0.231 e. The minimum atomic E-state index is -3.22. The van der Waals surface area contributed by atoms with Gasteiger partial charge in [0.15, 0.2) is 26.5 Å². The predicted octanol–water partition coefficient (Wildman–Crippen LogP) is 4.95. The maximum absolute atomic E-state index is 12.0. The molecular weight excluding hydrogens is 482 g/mol. The Morgan fingerprint density at radius 2 is 1.77 bits per heavy atom. The molecule has 0 bridgehead atoms. The van der Waals surface area contributed by atoms with Crippen molar-refractivity contribution in [1.29, 1.82) is 0 Å². The lowest BCUT2D eigenvalue weighted by Gasteiger charge is -2.34. The Kier molecular flexibility index (Phi) is 5.74. The van der Waals surface area contributed by atoms with Crippen LogP contribution in [0.4, 0.5) is 5.13 Å². The van der Waals surface area contributed by atoms with Crippen molar-refractivity contribution in [1.82, 2.24) is 9.88 Å². The Bertz CT molecular complexity index is 1330. The lowest BCUT2D eigenvalue weighted by atomic mass is 10.0. The molecule has 2 aliphatic heterocycles. The molecule has 1 aromatic heterocycles. The van der Waals surface area contributed by atoms with Gasteiger partial charge in [-0.2, -0.15) is 0 Å². The first kappa shape index (κ1) is 22.8. The SMILES string of the molecule is CS(=O)(=O)c1ccc(C(c2cnc(NC3(c4ccc5c(c4)OCO5)CC3)s2)N2CCCCC2)cc1. The molecule has 1 unspecified atom stereocenters. The summed E-state index contributed by atoms with van der Waals surface area (Å²) in [5.41, 5.74) is 2.18. The van der Waals surface area contributed by atoms with E-state index in [0.717, 1.165) is 48.1 Å². The highest BCUT2D eigenvalue weighted by Crippen LogP contribution is 2.51. The van der Waals surface area contributed by atoms with Crippen LogP contribution in [0.5, 0.6) is 11.5 Å². The summed E-state index contributed by atoms with van der Waals surface area (Å²) in [4.78, 5) is 8.79. The third kappa shape index (κ3) is 4.52. The number of thiazole rings is 1. The van der Waals surface area contributed by atoms with Crippen LogP contribution in [0.15, 0.2) is 53.6 Å². The molecule has 9 heteroatoms. The van der Waals surface area contributed by atoms with Gasteiger partial charge in [0.1, 0.15) is 0 Å². The van der Waals surface area contributed by atoms with Gasteiger partial charge in [0.05, 0.1) is 16.5 Å². The smallest absolute Gasteiger partial charge is 0.231 e. The van der Waals surface area contributed by atoms with E-state index in [-0.39, 0.29) is 18.4 Å². The summed E-state index contributed by atoms with van der Waals surface area (Å²) >= 11 is 1.69. The van der Waals surface area contributed by atoms with E-state index in [4.69, 9.17) is 14.5 Å². The van der Waals surface area contributed by atoms with Crippen molar-refractivity contribution in [3.8, 4) is 11.5 Å². The molecule has 6 rings (SSSR count). The molecule has 1 N–H and O–H groups in total. The summed E-state index contributed by atoms with van der Waals surface area (Å²) in [6.07, 6.45) is 8.92. The molecule has 3 aromatic rings. The fraction of sp³-hybridized carbons (Fsp3) is 0.423. The first-order chi connectivity index (χ1) is 16.9. The summed E-state index contributed by atoms with van der Waals surface area (Å²) in [5, 5.41) is 4.62. The molecule has 0 radical (unpaired) electrons. The van der Waals surface area contributed by atoms with Gasteiger partial charge in [0.25, 0.3) is 0 Å². The highest BCUT2D eigenvalue weighted by atomic mass is 32.2. The molecule has 2 fully saturated rings. The molecule has 3 aliphatic rings. The van der Waals surface area contributed by atoms with Crippen LogP contribution < -0.4 is 14.8 Å². The fourth-order valence-electron chi connectivity index (χ4n) is 5.11. The Labute approximate surface area is 210 Å². The Morgan fingerprint density at radius 3 is 2.49 bits per heavy atom. The third-order valence-electron chi connectivity index (χ3n) is 7.19. The normalized spacial score (nSPS) is 19.9. The van der Waals surface area contributed by atoms with Crippen LogP contribution in [0.25, 0.3) is 0 Å². The van der Waals surface area contributed by atoms with E-state index in [1.54, 1.807) is 23.5 Å². The third-order valence-corrected chi connectivity index (χ3v) is 9.29. The number of ether oxygens (including phenoxy) is 2. The van der Waals surface area contributed by atoms with Gasteiger partial charge in [-0.15, -0.1) is 11.3 Å². The van der Waals surface area contributed by atoms with Gasteiger partial charge in [-0.3, -0.25) is 4.90 Å². The largest absolute Gasteiger partial charge is 0.454 e. The van der Waals surface area contributed by atoms with E-state index < -0.39 is 9.84 Å². The van der Waals surface area contributed by atoms with Gasteiger partial charge in [-0.05, 0) is 74.2 Å². The highest BCUT2D eigenvalue weighted by Gasteiger charge is 2.45. The predicted molar refractivity (Wildman–Crippen MR) is 136 cm³/mol. The quantitative estimate of drug-likeness (QED) is 0.481. The number of anilines is 1. The van der Waals surface area contributed by atoms with Crippen molar-refractivity contribution in [2.75, 3.05) is 31.5 Å². The second-order valence-corrected chi connectivity index (χ2v) is 12.8. The molecule has 1 aliphatic carbocycles. The first-order valence-electron chi connectivity index (χ1n) is 12.1. The van der Waals surface area contributed by atoms with Crippen molar-refractivity contribution < 1.29 is 17.9 Å². The highest BCUT2D eigenvalue weighted by molar-refractivity contribution is 7.90. The van der Waals surface area contributed by atoms with E-state index in [1.165, 1.54) is 36.0 Å². The molecule has 2 aromatic carbocycles. The number of nitrogens with one attached hydrogen (secondary N) is 1. The maximum atomic E-state index is 12.0. The number of piperidine rings is 1. The van der Waals surface area contributed by atoms with Gasteiger partial charge in [-0.1, -0.05) is 24.6 Å². The Balaban J connectivity index is 1.27. The van der Waals surface area contributed by atoms with E-state index in [1.807, 2.05) is 24.4 Å². The van der Waals surface area contributed by atoms with Gasteiger partial charge in [0.2, 0.25) is 6.79 Å². The number of benzene rings is 2. The van der Waals surface area contributed by atoms with Crippen molar-refractivity contribution in [3.05, 3.63) is 64.7 Å². The molecular formula is C26H29N3O4S2. The van der Waals surface area contributed by atoms with Crippen LogP contribution in [0.1, 0.15) is 54.1 Å². The number of nitrogens with zero attached hydrogens (tertiary/aromatic N) is 2. The fourth-order valence-corrected chi connectivity index (χ4v) is 6.82. The van der Waals surface area contributed by atoms with Crippen molar-refractivity contribution in [3.63, 3.8) is 0 Å². The zero-order valence-electron chi connectivity index (χ0n) is 19.7. The number of aromatic nitrogens is 1.